The number of benzene rings is 1. The highest BCUT2D eigenvalue weighted by atomic mass is 16.7. The van der Waals surface area contributed by atoms with E-state index in [1.165, 1.54) is 0 Å². The number of Topliss-reactive ketones (excluding diaryl/α,β-unsaturated/α-hetero) is 1. The lowest BCUT2D eigenvalue weighted by atomic mass is 10.1. The van der Waals surface area contributed by atoms with Gasteiger partial charge in [-0.2, -0.15) is 0 Å². The van der Waals surface area contributed by atoms with Crippen molar-refractivity contribution in [3.63, 3.8) is 0 Å². The zero-order valence-electron chi connectivity index (χ0n) is 16.6. The number of rotatable bonds is 12. The van der Waals surface area contributed by atoms with Gasteiger partial charge in [-0.15, -0.1) is 0 Å². The molecule has 1 saturated heterocycles. The molecule has 150 valence electrons. The first-order valence-electron chi connectivity index (χ1n) is 10.0. The Morgan fingerprint density at radius 1 is 1.04 bits per heavy atom. The maximum Gasteiger partial charge on any atom is 0.374 e. The molecule has 1 aliphatic heterocycles. The Kier molecular flexibility index (Phi) is 8.95. The van der Waals surface area contributed by atoms with Crippen LogP contribution >= 0.6 is 0 Å². The van der Waals surface area contributed by atoms with Crippen LogP contribution < -0.4 is 0 Å². The number of ether oxygens (including phenoxy) is 3. The minimum absolute atomic E-state index is 0.151. The SMILES string of the molecule is CC1(C)OCC(CCCCCCCCC(=O)C(=O)OCc2ccccc2)O1. The Morgan fingerprint density at radius 2 is 1.70 bits per heavy atom. The van der Waals surface area contributed by atoms with Crippen LogP contribution in [0.3, 0.4) is 0 Å². The van der Waals surface area contributed by atoms with E-state index in [9.17, 15) is 9.59 Å². The normalized spacial score (nSPS) is 18.4. The van der Waals surface area contributed by atoms with Gasteiger partial charge in [-0.25, -0.2) is 4.79 Å². The number of hydrogen-bond donors (Lipinski definition) is 0. The highest BCUT2D eigenvalue weighted by molar-refractivity contribution is 6.33. The van der Waals surface area contributed by atoms with Gasteiger partial charge in [0.15, 0.2) is 5.79 Å². The zero-order valence-corrected chi connectivity index (χ0v) is 16.6. The quantitative estimate of drug-likeness (QED) is 0.304. The number of esters is 1. The largest absolute Gasteiger partial charge is 0.455 e. The van der Waals surface area contributed by atoms with Gasteiger partial charge < -0.3 is 14.2 Å². The molecule has 0 radical (unpaired) electrons. The average molecular weight is 376 g/mol. The van der Waals surface area contributed by atoms with Crippen LogP contribution in [0.2, 0.25) is 0 Å². The van der Waals surface area contributed by atoms with E-state index in [1.54, 1.807) is 0 Å². The third kappa shape index (κ3) is 8.67. The number of unbranched alkanes of at least 4 members (excludes halogenated alkanes) is 5. The van der Waals surface area contributed by atoms with Gasteiger partial charge in [0.1, 0.15) is 6.61 Å². The van der Waals surface area contributed by atoms with Crippen molar-refractivity contribution in [1.82, 2.24) is 0 Å². The third-order valence-electron chi connectivity index (χ3n) is 4.69. The second-order valence-electron chi connectivity index (χ2n) is 7.60. The highest BCUT2D eigenvalue weighted by Crippen LogP contribution is 2.25. The van der Waals surface area contributed by atoms with Gasteiger partial charge in [0.25, 0.3) is 0 Å². The summed E-state index contributed by atoms with van der Waals surface area (Å²) in [6, 6.07) is 9.38. The molecule has 1 aromatic carbocycles. The topological polar surface area (TPSA) is 61.8 Å². The van der Waals surface area contributed by atoms with E-state index in [0.717, 1.165) is 50.5 Å². The Morgan fingerprint density at radius 3 is 2.37 bits per heavy atom. The van der Waals surface area contributed by atoms with Crippen molar-refractivity contribution in [3.05, 3.63) is 35.9 Å². The van der Waals surface area contributed by atoms with E-state index in [-0.39, 0.29) is 19.1 Å². The van der Waals surface area contributed by atoms with Crippen LogP contribution in [0.5, 0.6) is 0 Å². The van der Waals surface area contributed by atoms with Crippen LogP contribution in [-0.2, 0) is 30.4 Å². The lowest BCUT2D eigenvalue weighted by molar-refractivity contribution is -0.154. The van der Waals surface area contributed by atoms with Crippen LogP contribution in [0.25, 0.3) is 0 Å². The Bertz CT molecular complexity index is 582. The van der Waals surface area contributed by atoms with Crippen molar-refractivity contribution in [3.8, 4) is 0 Å². The van der Waals surface area contributed by atoms with Gasteiger partial charge in [0.2, 0.25) is 5.78 Å². The predicted molar refractivity (Wildman–Crippen MR) is 103 cm³/mol. The van der Waals surface area contributed by atoms with Gasteiger partial charge >= 0.3 is 5.97 Å². The maximum absolute atomic E-state index is 11.8. The van der Waals surface area contributed by atoms with Gasteiger partial charge in [-0.3, -0.25) is 4.79 Å². The molecular weight excluding hydrogens is 344 g/mol. The number of carbonyl (C=O) groups is 2. The standard InChI is InChI=1S/C22H32O5/c1-22(2)26-17-19(27-22)14-10-5-3-4-6-11-15-20(23)21(24)25-16-18-12-8-7-9-13-18/h7-9,12-13,19H,3-6,10-11,14-17H2,1-2H3. The van der Waals surface area contributed by atoms with Crippen LogP contribution in [0, 0.1) is 0 Å². The Labute approximate surface area is 162 Å². The lowest BCUT2D eigenvalue weighted by Gasteiger charge is -2.16. The van der Waals surface area contributed by atoms with E-state index < -0.39 is 17.5 Å². The second-order valence-corrected chi connectivity index (χ2v) is 7.60. The molecule has 5 heteroatoms. The first-order chi connectivity index (χ1) is 13.0. The molecule has 0 N–H and O–H groups in total. The molecule has 1 heterocycles. The van der Waals surface area contributed by atoms with E-state index in [4.69, 9.17) is 14.2 Å². The van der Waals surface area contributed by atoms with Gasteiger partial charge in [-0.1, -0.05) is 62.4 Å². The summed E-state index contributed by atoms with van der Waals surface area (Å²) < 4.78 is 16.4. The first-order valence-corrected chi connectivity index (χ1v) is 10.0. The van der Waals surface area contributed by atoms with Gasteiger partial charge in [0.05, 0.1) is 12.7 Å². The van der Waals surface area contributed by atoms with Crippen LogP contribution in [0.4, 0.5) is 0 Å². The molecule has 0 bridgehead atoms. The molecule has 1 aromatic rings. The van der Waals surface area contributed by atoms with Crippen molar-refractivity contribution in [2.45, 2.75) is 83.7 Å². The fourth-order valence-electron chi connectivity index (χ4n) is 3.18. The Hall–Kier alpha value is -1.72. The van der Waals surface area contributed by atoms with E-state index in [0.29, 0.717) is 6.61 Å². The lowest BCUT2D eigenvalue weighted by Crippen LogP contribution is -2.21. The van der Waals surface area contributed by atoms with Crippen LogP contribution in [0.1, 0.15) is 70.8 Å². The summed E-state index contributed by atoms with van der Waals surface area (Å²) in [6.07, 6.45) is 7.76. The first kappa shape index (κ1) is 21.6. The van der Waals surface area contributed by atoms with Crippen LogP contribution in [-0.4, -0.2) is 30.3 Å². The summed E-state index contributed by atoms with van der Waals surface area (Å²) >= 11 is 0. The molecule has 0 amide bonds. The molecule has 0 saturated carbocycles. The summed E-state index contributed by atoms with van der Waals surface area (Å²) in [5, 5.41) is 0. The molecule has 1 aliphatic rings. The summed E-state index contributed by atoms with van der Waals surface area (Å²) in [5.41, 5.74) is 0.886. The molecular formula is C22H32O5. The molecule has 2 rings (SSSR count). The fourth-order valence-corrected chi connectivity index (χ4v) is 3.18. The smallest absolute Gasteiger partial charge is 0.374 e. The maximum atomic E-state index is 11.8. The average Bonchev–Trinajstić information content (AvgIpc) is 3.01. The summed E-state index contributed by atoms with van der Waals surface area (Å²) in [4.78, 5) is 23.5. The molecule has 1 unspecified atom stereocenters. The molecule has 1 fully saturated rings. The van der Waals surface area contributed by atoms with E-state index in [2.05, 4.69) is 0 Å². The van der Waals surface area contributed by atoms with E-state index in [1.807, 2.05) is 44.2 Å². The zero-order chi connectivity index (χ0) is 19.5. The minimum atomic E-state index is -0.722. The minimum Gasteiger partial charge on any atom is -0.455 e. The molecule has 27 heavy (non-hydrogen) atoms. The number of hydrogen-bond acceptors (Lipinski definition) is 5. The van der Waals surface area contributed by atoms with Crippen molar-refractivity contribution >= 4 is 11.8 Å². The monoisotopic (exact) mass is 376 g/mol. The number of ketones is 1. The molecule has 0 aliphatic carbocycles. The molecule has 0 aromatic heterocycles. The molecule has 0 spiro atoms. The number of carbonyl (C=O) groups excluding carboxylic acids is 2. The van der Waals surface area contributed by atoms with E-state index >= 15 is 0 Å². The van der Waals surface area contributed by atoms with Crippen molar-refractivity contribution < 1.29 is 23.8 Å². The van der Waals surface area contributed by atoms with Crippen molar-refractivity contribution in [2.75, 3.05) is 6.61 Å². The van der Waals surface area contributed by atoms with Crippen molar-refractivity contribution in [1.29, 1.82) is 0 Å². The molecule has 5 nitrogen and oxygen atoms in total. The third-order valence-corrected chi connectivity index (χ3v) is 4.69. The highest BCUT2D eigenvalue weighted by Gasteiger charge is 2.31. The van der Waals surface area contributed by atoms with Crippen LogP contribution in [0.15, 0.2) is 30.3 Å². The second kappa shape index (κ2) is 11.2. The summed E-state index contributed by atoms with van der Waals surface area (Å²) in [6.45, 7) is 4.74. The summed E-state index contributed by atoms with van der Waals surface area (Å²) in [7, 11) is 0. The summed E-state index contributed by atoms with van der Waals surface area (Å²) in [5.74, 6) is -1.58. The molecule has 1 atom stereocenters. The van der Waals surface area contributed by atoms with Gasteiger partial charge in [-0.05, 0) is 32.3 Å². The fraction of sp³-hybridized carbons (Fsp3) is 0.636. The van der Waals surface area contributed by atoms with Crippen molar-refractivity contribution in [2.24, 2.45) is 0 Å². The van der Waals surface area contributed by atoms with Gasteiger partial charge in [0, 0.05) is 6.42 Å². The Balaban J connectivity index is 1.43. The predicted octanol–water partition coefficient (Wildman–Crippen LogP) is 4.57.